The largest absolute Gasteiger partial charge is 0.341 e. The van der Waals surface area contributed by atoms with E-state index < -0.39 is 0 Å². The maximum atomic E-state index is 6.14. The molecule has 3 N–H and O–H groups in total. The van der Waals surface area contributed by atoms with Gasteiger partial charge in [-0.1, -0.05) is 37.0 Å². The summed E-state index contributed by atoms with van der Waals surface area (Å²) < 4.78 is 0. The van der Waals surface area contributed by atoms with Crippen LogP contribution in [0.2, 0.25) is 0 Å². The van der Waals surface area contributed by atoms with Gasteiger partial charge in [0.05, 0.1) is 17.9 Å². The first kappa shape index (κ1) is 13.8. The molecule has 0 spiro atoms. The van der Waals surface area contributed by atoms with E-state index in [1.807, 2.05) is 6.20 Å². The van der Waals surface area contributed by atoms with E-state index in [1.54, 1.807) is 0 Å². The molecule has 0 aliphatic rings. The molecule has 3 nitrogen and oxygen atoms in total. The van der Waals surface area contributed by atoms with E-state index in [2.05, 4.69) is 48.9 Å². The number of rotatable bonds is 5. The van der Waals surface area contributed by atoms with E-state index in [0.29, 0.717) is 0 Å². The molecule has 0 aliphatic carbocycles. The number of nitrogens with zero attached hydrogens (tertiary/aromatic N) is 1. The molecule has 1 atom stereocenters. The summed E-state index contributed by atoms with van der Waals surface area (Å²) in [4.78, 5) is 7.78. The van der Waals surface area contributed by atoms with Crippen molar-refractivity contribution < 1.29 is 0 Å². The molecular formula is C16H23N3. The van der Waals surface area contributed by atoms with Crippen LogP contribution in [-0.4, -0.2) is 9.97 Å². The molecule has 0 bridgehead atoms. The van der Waals surface area contributed by atoms with Crippen LogP contribution in [0, 0.1) is 13.8 Å². The number of hydrogen-bond acceptors (Lipinski definition) is 2. The van der Waals surface area contributed by atoms with Gasteiger partial charge in [-0.25, -0.2) is 4.98 Å². The molecule has 1 unspecified atom stereocenters. The number of imidazole rings is 1. The second-order valence-electron chi connectivity index (χ2n) is 5.31. The Morgan fingerprint density at radius 2 is 1.89 bits per heavy atom. The second-order valence-corrected chi connectivity index (χ2v) is 5.31. The van der Waals surface area contributed by atoms with Crippen molar-refractivity contribution in [3.8, 4) is 11.3 Å². The first-order chi connectivity index (χ1) is 9.10. The number of benzene rings is 1. The van der Waals surface area contributed by atoms with E-state index in [0.717, 1.165) is 24.4 Å². The average Bonchev–Trinajstić information content (AvgIpc) is 2.84. The number of aromatic nitrogens is 2. The minimum Gasteiger partial charge on any atom is -0.341 e. The van der Waals surface area contributed by atoms with Crippen molar-refractivity contribution in [2.45, 2.75) is 46.1 Å². The van der Waals surface area contributed by atoms with Gasteiger partial charge in [0, 0.05) is 5.56 Å². The molecule has 0 amide bonds. The Hall–Kier alpha value is -1.61. The van der Waals surface area contributed by atoms with E-state index in [9.17, 15) is 0 Å². The highest BCUT2D eigenvalue weighted by atomic mass is 15.0. The van der Waals surface area contributed by atoms with Gasteiger partial charge in [-0.3, -0.25) is 0 Å². The van der Waals surface area contributed by atoms with Gasteiger partial charge in [-0.05, 0) is 32.4 Å². The van der Waals surface area contributed by atoms with Gasteiger partial charge in [0.25, 0.3) is 0 Å². The summed E-state index contributed by atoms with van der Waals surface area (Å²) in [5.41, 5.74) is 10.9. The fourth-order valence-electron chi connectivity index (χ4n) is 2.36. The number of nitrogens with two attached hydrogens (primary N) is 1. The number of aromatic amines is 1. The molecule has 0 saturated carbocycles. The molecule has 0 aliphatic heterocycles. The van der Waals surface area contributed by atoms with Gasteiger partial charge < -0.3 is 10.7 Å². The lowest BCUT2D eigenvalue weighted by atomic mass is 10.1. The van der Waals surface area contributed by atoms with Crippen molar-refractivity contribution in [2.75, 3.05) is 0 Å². The average molecular weight is 257 g/mol. The first-order valence-electron chi connectivity index (χ1n) is 6.99. The Morgan fingerprint density at radius 1 is 1.21 bits per heavy atom. The van der Waals surface area contributed by atoms with Crippen LogP contribution < -0.4 is 5.73 Å². The van der Waals surface area contributed by atoms with Crippen LogP contribution in [0.1, 0.15) is 49.2 Å². The number of aryl methyl sites for hydroxylation is 2. The first-order valence-corrected chi connectivity index (χ1v) is 6.99. The minimum atomic E-state index is 0.0135. The summed E-state index contributed by atoms with van der Waals surface area (Å²) in [5, 5.41) is 0. The smallest absolute Gasteiger partial charge is 0.123 e. The SMILES string of the molecule is CCCCC(N)c1ncc(-c2cc(C)cc(C)c2)[nH]1. The van der Waals surface area contributed by atoms with E-state index in [1.165, 1.54) is 23.1 Å². The number of hydrogen-bond donors (Lipinski definition) is 2. The summed E-state index contributed by atoms with van der Waals surface area (Å²) in [6, 6.07) is 6.52. The van der Waals surface area contributed by atoms with Crippen molar-refractivity contribution in [3.05, 3.63) is 41.3 Å². The number of nitrogens with one attached hydrogen (secondary N) is 1. The van der Waals surface area contributed by atoms with E-state index in [4.69, 9.17) is 5.73 Å². The van der Waals surface area contributed by atoms with Crippen molar-refractivity contribution in [2.24, 2.45) is 5.73 Å². The quantitative estimate of drug-likeness (QED) is 0.854. The zero-order valence-electron chi connectivity index (χ0n) is 12.0. The van der Waals surface area contributed by atoms with Gasteiger partial charge >= 0.3 is 0 Å². The lowest BCUT2D eigenvalue weighted by Crippen LogP contribution is -2.11. The van der Waals surface area contributed by atoms with Crippen molar-refractivity contribution >= 4 is 0 Å². The summed E-state index contributed by atoms with van der Waals surface area (Å²) in [6.45, 7) is 6.40. The van der Waals surface area contributed by atoms with Gasteiger partial charge in [0.2, 0.25) is 0 Å². The monoisotopic (exact) mass is 257 g/mol. The van der Waals surface area contributed by atoms with Gasteiger partial charge in [0.1, 0.15) is 5.82 Å². The summed E-state index contributed by atoms with van der Waals surface area (Å²) >= 11 is 0. The van der Waals surface area contributed by atoms with Crippen molar-refractivity contribution in [3.63, 3.8) is 0 Å². The highest BCUT2D eigenvalue weighted by Crippen LogP contribution is 2.22. The zero-order valence-corrected chi connectivity index (χ0v) is 12.0. The molecule has 102 valence electrons. The summed E-state index contributed by atoms with van der Waals surface area (Å²) in [6.07, 6.45) is 5.17. The Labute approximate surface area is 115 Å². The fraction of sp³-hybridized carbons (Fsp3) is 0.438. The Bertz CT molecular complexity index is 522. The molecule has 1 heterocycles. The number of H-pyrrole nitrogens is 1. The topological polar surface area (TPSA) is 54.7 Å². The van der Waals surface area contributed by atoms with Crippen LogP contribution in [-0.2, 0) is 0 Å². The van der Waals surface area contributed by atoms with E-state index in [-0.39, 0.29) is 6.04 Å². The summed E-state index contributed by atoms with van der Waals surface area (Å²) in [5.74, 6) is 0.891. The lowest BCUT2D eigenvalue weighted by molar-refractivity contribution is 0.580. The molecule has 0 radical (unpaired) electrons. The van der Waals surface area contributed by atoms with Gasteiger partial charge in [-0.2, -0.15) is 0 Å². The molecule has 3 heteroatoms. The standard InChI is InChI=1S/C16H23N3/c1-4-5-6-14(17)16-18-10-15(19-16)13-8-11(2)7-12(3)9-13/h7-10,14H,4-6,17H2,1-3H3,(H,18,19). The Morgan fingerprint density at radius 3 is 2.53 bits per heavy atom. The Kier molecular flexibility index (Phi) is 4.38. The molecule has 0 saturated heterocycles. The minimum absolute atomic E-state index is 0.0135. The summed E-state index contributed by atoms with van der Waals surface area (Å²) in [7, 11) is 0. The van der Waals surface area contributed by atoms with Crippen LogP contribution in [0.15, 0.2) is 24.4 Å². The second kappa shape index (κ2) is 6.02. The maximum absolute atomic E-state index is 6.14. The molecule has 19 heavy (non-hydrogen) atoms. The molecule has 0 fully saturated rings. The third-order valence-corrected chi connectivity index (χ3v) is 3.35. The number of unbranched alkanes of at least 4 members (excludes halogenated alkanes) is 1. The van der Waals surface area contributed by atoms with Gasteiger partial charge in [0.15, 0.2) is 0 Å². The van der Waals surface area contributed by atoms with Crippen molar-refractivity contribution in [1.82, 2.24) is 9.97 Å². The van der Waals surface area contributed by atoms with Crippen LogP contribution in [0.3, 0.4) is 0 Å². The van der Waals surface area contributed by atoms with Crippen LogP contribution in [0.4, 0.5) is 0 Å². The van der Waals surface area contributed by atoms with Crippen LogP contribution in [0.5, 0.6) is 0 Å². The highest BCUT2D eigenvalue weighted by molar-refractivity contribution is 5.60. The van der Waals surface area contributed by atoms with Crippen LogP contribution in [0.25, 0.3) is 11.3 Å². The molecule has 1 aromatic heterocycles. The lowest BCUT2D eigenvalue weighted by Gasteiger charge is -2.07. The fourth-order valence-corrected chi connectivity index (χ4v) is 2.36. The van der Waals surface area contributed by atoms with Crippen LogP contribution >= 0.6 is 0 Å². The molecule has 1 aromatic carbocycles. The predicted molar refractivity (Wildman–Crippen MR) is 80.0 cm³/mol. The van der Waals surface area contributed by atoms with E-state index >= 15 is 0 Å². The molecular weight excluding hydrogens is 234 g/mol. The van der Waals surface area contributed by atoms with Gasteiger partial charge in [-0.15, -0.1) is 0 Å². The third kappa shape index (κ3) is 3.44. The normalized spacial score (nSPS) is 12.6. The molecule has 2 aromatic rings. The third-order valence-electron chi connectivity index (χ3n) is 3.35. The maximum Gasteiger partial charge on any atom is 0.123 e. The zero-order chi connectivity index (χ0) is 13.8. The molecule has 2 rings (SSSR count). The predicted octanol–water partition coefficient (Wildman–Crippen LogP) is 3.88. The highest BCUT2D eigenvalue weighted by Gasteiger charge is 2.10. The Balaban J connectivity index is 2.20. The van der Waals surface area contributed by atoms with Crippen molar-refractivity contribution in [1.29, 1.82) is 0 Å².